The maximum atomic E-state index is 5.99. The lowest BCUT2D eigenvalue weighted by Gasteiger charge is -2.22. The zero-order valence-electron chi connectivity index (χ0n) is 16.9. The number of rotatable bonds is 8. The molecule has 0 bridgehead atoms. The van der Waals surface area contributed by atoms with E-state index < -0.39 is 0 Å². The lowest BCUT2D eigenvalue weighted by molar-refractivity contribution is 0.148. The summed E-state index contributed by atoms with van der Waals surface area (Å²) in [4.78, 5) is 13.6. The average molecular weight is 402 g/mol. The first kappa shape index (κ1) is 20.6. The normalized spacial score (nSPS) is 15.4. The fourth-order valence-corrected chi connectivity index (χ4v) is 3.92. The van der Waals surface area contributed by atoms with Crippen LogP contribution in [0.1, 0.15) is 55.3 Å². The number of ether oxygens (including phenoxy) is 1. The van der Waals surface area contributed by atoms with Crippen molar-refractivity contribution in [2.75, 3.05) is 13.1 Å². The number of nitrogens with one attached hydrogen (secondary N) is 2. The van der Waals surface area contributed by atoms with Crippen molar-refractivity contribution in [3.05, 3.63) is 40.0 Å². The molecule has 2 N–H and O–H groups in total. The van der Waals surface area contributed by atoms with Gasteiger partial charge in [-0.25, -0.2) is 15.0 Å². The number of hydrogen-bond acceptors (Lipinski definition) is 5. The number of nitrogens with zero attached hydrogens (tertiary/aromatic N) is 3. The number of guanidine groups is 1. The molecule has 0 aliphatic heterocycles. The van der Waals surface area contributed by atoms with Gasteiger partial charge >= 0.3 is 0 Å². The molecule has 0 spiro atoms. The van der Waals surface area contributed by atoms with E-state index in [0.717, 1.165) is 60.5 Å². The number of hydrogen-bond donors (Lipinski definition) is 2. The standard InChI is InChI=1S/C21H31N5OS/c1-3-22-21(23-12-11-18-15-28-16(2)26-18)25-14-17-9-10-20(24-13-17)27-19-7-5-4-6-8-19/h9-10,13,15,19H,3-8,11-12,14H2,1-2H3,(H2,22,23,25). The molecule has 1 saturated carbocycles. The summed E-state index contributed by atoms with van der Waals surface area (Å²) in [5.41, 5.74) is 2.20. The van der Waals surface area contributed by atoms with Crippen LogP contribution in [-0.4, -0.2) is 35.1 Å². The zero-order chi connectivity index (χ0) is 19.6. The predicted octanol–water partition coefficient (Wildman–Crippen LogP) is 3.86. The Bertz CT molecular complexity index is 738. The molecule has 0 saturated heterocycles. The molecule has 2 aromatic heterocycles. The molecule has 152 valence electrons. The van der Waals surface area contributed by atoms with Gasteiger partial charge in [0, 0.05) is 37.2 Å². The van der Waals surface area contributed by atoms with Crippen LogP contribution < -0.4 is 15.4 Å². The van der Waals surface area contributed by atoms with Crippen LogP contribution in [0.4, 0.5) is 0 Å². The first-order valence-corrected chi connectivity index (χ1v) is 11.2. The monoisotopic (exact) mass is 401 g/mol. The van der Waals surface area contributed by atoms with Gasteiger partial charge in [0.2, 0.25) is 5.88 Å². The summed E-state index contributed by atoms with van der Waals surface area (Å²) in [6, 6.07) is 4.01. The average Bonchev–Trinajstić information content (AvgIpc) is 3.13. The van der Waals surface area contributed by atoms with Crippen molar-refractivity contribution in [2.45, 2.75) is 65.0 Å². The summed E-state index contributed by atoms with van der Waals surface area (Å²) in [7, 11) is 0. The Morgan fingerprint density at radius 3 is 2.79 bits per heavy atom. The Balaban J connectivity index is 1.47. The summed E-state index contributed by atoms with van der Waals surface area (Å²) < 4.78 is 5.99. The molecule has 3 rings (SSSR count). The lowest BCUT2D eigenvalue weighted by Crippen LogP contribution is -2.38. The van der Waals surface area contributed by atoms with Crippen LogP contribution in [0.15, 0.2) is 28.7 Å². The van der Waals surface area contributed by atoms with E-state index in [4.69, 9.17) is 4.74 Å². The van der Waals surface area contributed by atoms with Crippen molar-refractivity contribution in [1.82, 2.24) is 20.6 Å². The molecule has 1 fully saturated rings. The van der Waals surface area contributed by atoms with E-state index in [-0.39, 0.29) is 0 Å². The van der Waals surface area contributed by atoms with Crippen molar-refractivity contribution >= 4 is 17.3 Å². The first-order chi connectivity index (χ1) is 13.7. The molecule has 0 radical (unpaired) electrons. The third-order valence-electron chi connectivity index (χ3n) is 4.74. The van der Waals surface area contributed by atoms with Crippen LogP contribution in [0.5, 0.6) is 5.88 Å². The number of aromatic nitrogens is 2. The van der Waals surface area contributed by atoms with Crippen LogP contribution in [0.2, 0.25) is 0 Å². The molecule has 1 aliphatic carbocycles. The minimum absolute atomic E-state index is 0.330. The molecule has 0 amide bonds. The highest BCUT2D eigenvalue weighted by Gasteiger charge is 2.15. The van der Waals surface area contributed by atoms with E-state index in [1.54, 1.807) is 11.3 Å². The summed E-state index contributed by atoms with van der Waals surface area (Å²) in [5, 5.41) is 9.88. The highest BCUT2D eigenvalue weighted by atomic mass is 32.1. The largest absolute Gasteiger partial charge is 0.474 e. The second-order valence-electron chi connectivity index (χ2n) is 7.11. The number of aryl methyl sites for hydroxylation is 1. The van der Waals surface area contributed by atoms with Crippen LogP contribution in [0.25, 0.3) is 0 Å². The van der Waals surface area contributed by atoms with E-state index in [1.165, 1.54) is 19.3 Å². The Morgan fingerprint density at radius 1 is 1.25 bits per heavy atom. The SMILES string of the molecule is CCNC(=NCc1ccc(OC2CCCCC2)nc1)NCCc1csc(C)n1. The Hall–Kier alpha value is -2.15. The molecule has 2 heterocycles. The van der Waals surface area contributed by atoms with Gasteiger partial charge in [0.1, 0.15) is 6.10 Å². The first-order valence-electron chi connectivity index (χ1n) is 10.3. The van der Waals surface area contributed by atoms with Crippen molar-refractivity contribution in [3.63, 3.8) is 0 Å². The summed E-state index contributed by atoms with van der Waals surface area (Å²) in [6.45, 7) is 6.32. The van der Waals surface area contributed by atoms with E-state index in [9.17, 15) is 0 Å². The number of aliphatic imine (C=N–C) groups is 1. The van der Waals surface area contributed by atoms with Gasteiger partial charge in [0.25, 0.3) is 0 Å². The summed E-state index contributed by atoms with van der Waals surface area (Å²) >= 11 is 1.69. The summed E-state index contributed by atoms with van der Waals surface area (Å²) in [5.74, 6) is 1.54. The molecule has 28 heavy (non-hydrogen) atoms. The topological polar surface area (TPSA) is 71.4 Å². The van der Waals surface area contributed by atoms with Crippen LogP contribution in [0.3, 0.4) is 0 Å². The second-order valence-corrected chi connectivity index (χ2v) is 8.17. The third kappa shape index (κ3) is 6.78. The smallest absolute Gasteiger partial charge is 0.213 e. The van der Waals surface area contributed by atoms with Crippen molar-refractivity contribution in [3.8, 4) is 5.88 Å². The molecular weight excluding hydrogens is 370 g/mol. The molecular formula is C21H31N5OS. The van der Waals surface area contributed by atoms with E-state index >= 15 is 0 Å². The van der Waals surface area contributed by atoms with Crippen LogP contribution in [0, 0.1) is 6.92 Å². The van der Waals surface area contributed by atoms with Gasteiger partial charge < -0.3 is 15.4 Å². The molecule has 7 heteroatoms. The van der Waals surface area contributed by atoms with Crippen molar-refractivity contribution in [1.29, 1.82) is 0 Å². The molecule has 0 atom stereocenters. The molecule has 2 aromatic rings. The van der Waals surface area contributed by atoms with Gasteiger partial charge in [-0.15, -0.1) is 11.3 Å². The fourth-order valence-electron chi connectivity index (χ4n) is 3.27. The third-order valence-corrected chi connectivity index (χ3v) is 5.56. The molecule has 1 aliphatic rings. The summed E-state index contributed by atoms with van der Waals surface area (Å²) in [6.07, 6.45) is 9.23. The zero-order valence-corrected chi connectivity index (χ0v) is 17.7. The Kier molecular flexibility index (Phi) is 8.08. The van der Waals surface area contributed by atoms with Gasteiger partial charge in [-0.05, 0) is 45.1 Å². The van der Waals surface area contributed by atoms with E-state index in [0.29, 0.717) is 12.6 Å². The second kappa shape index (κ2) is 11.0. The molecule has 0 aromatic carbocycles. The highest BCUT2D eigenvalue weighted by molar-refractivity contribution is 7.09. The lowest BCUT2D eigenvalue weighted by atomic mass is 9.98. The van der Waals surface area contributed by atoms with E-state index in [1.807, 2.05) is 19.2 Å². The minimum Gasteiger partial charge on any atom is -0.474 e. The van der Waals surface area contributed by atoms with Crippen LogP contribution >= 0.6 is 11.3 Å². The van der Waals surface area contributed by atoms with Gasteiger partial charge in [-0.2, -0.15) is 0 Å². The number of thiazole rings is 1. The van der Waals surface area contributed by atoms with Gasteiger partial charge in [-0.1, -0.05) is 12.5 Å². The molecule has 0 unspecified atom stereocenters. The quantitative estimate of drug-likeness (QED) is 0.519. The maximum absolute atomic E-state index is 5.99. The van der Waals surface area contributed by atoms with Gasteiger partial charge in [-0.3, -0.25) is 0 Å². The molecule has 6 nitrogen and oxygen atoms in total. The van der Waals surface area contributed by atoms with E-state index in [2.05, 4.69) is 44.0 Å². The van der Waals surface area contributed by atoms with Crippen LogP contribution in [-0.2, 0) is 13.0 Å². The number of pyridine rings is 1. The Labute approximate surface area is 171 Å². The highest BCUT2D eigenvalue weighted by Crippen LogP contribution is 2.22. The van der Waals surface area contributed by atoms with Crippen molar-refractivity contribution < 1.29 is 4.74 Å². The van der Waals surface area contributed by atoms with Gasteiger partial charge in [0.05, 0.1) is 17.2 Å². The maximum Gasteiger partial charge on any atom is 0.213 e. The fraction of sp³-hybridized carbons (Fsp3) is 0.571. The van der Waals surface area contributed by atoms with Gasteiger partial charge in [0.15, 0.2) is 5.96 Å². The minimum atomic E-state index is 0.330. The van der Waals surface area contributed by atoms with Crippen molar-refractivity contribution in [2.24, 2.45) is 4.99 Å². The predicted molar refractivity (Wildman–Crippen MR) is 115 cm³/mol. The Morgan fingerprint density at radius 2 is 2.11 bits per heavy atom.